The molecule has 1 aromatic heterocycles. The van der Waals surface area contributed by atoms with E-state index in [0.29, 0.717) is 20.6 Å². The fourth-order valence-corrected chi connectivity index (χ4v) is 5.24. The maximum absolute atomic E-state index is 13.4. The monoisotopic (exact) mass is 424 g/mol. The number of carbonyl (C=O) groups is 1. The van der Waals surface area contributed by atoms with E-state index >= 15 is 0 Å². The summed E-state index contributed by atoms with van der Waals surface area (Å²) in [4.78, 5) is 31.2. The smallest absolute Gasteiger partial charge is 0.317 e. The minimum absolute atomic E-state index is 0.263. The Morgan fingerprint density at radius 3 is 2.73 bits per heavy atom. The molecule has 152 valence electrons. The zero-order valence-electron chi connectivity index (χ0n) is 16.2. The highest BCUT2D eigenvalue weighted by Gasteiger charge is 2.55. The normalized spacial score (nSPS) is 24.3. The number of para-hydroxylation sites is 1. The molecule has 0 N–H and O–H groups in total. The second-order valence-electron chi connectivity index (χ2n) is 7.37. The van der Waals surface area contributed by atoms with Crippen LogP contribution in [0.3, 0.4) is 0 Å². The summed E-state index contributed by atoms with van der Waals surface area (Å²) in [7, 11) is 1.31. The van der Waals surface area contributed by atoms with Gasteiger partial charge in [0, 0.05) is 5.56 Å². The number of esters is 1. The number of halogens is 1. The first-order valence-electron chi connectivity index (χ1n) is 9.35. The summed E-state index contributed by atoms with van der Waals surface area (Å²) >= 11 is 1.21. The number of benzene rings is 2. The van der Waals surface area contributed by atoms with Gasteiger partial charge in [0.2, 0.25) is 5.72 Å². The van der Waals surface area contributed by atoms with E-state index < -0.39 is 23.7 Å². The van der Waals surface area contributed by atoms with Crippen molar-refractivity contribution < 1.29 is 18.7 Å². The molecule has 5 rings (SSSR count). The molecule has 0 saturated heterocycles. The van der Waals surface area contributed by atoms with Crippen molar-refractivity contribution in [2.45, 2.75) is 18.7 Å². The van der Waals surface area contributed by atoms with Crippen LogP contribution in [-0.2, 0) is 9.53 Å². The van der Waals surface area contributed by atoms with Gasteiger partial charge in [0.1, 0.15) is 17.5 Å². The second kappa shape index (κ2) is 6.63. The molecule has 0 aliphatic carbocycles. The summed E-state index contributed by atoms with van der Waals surface area (Å²) in [6, 6.07) is 12.6. The lowest BCUT2D eigenvalue weighted by Crippen LogP contribution is -2.58. The molecule has 2 aliphatic heterocycles. The van der Waals surface area contributed by atoms with Crippen molar-refractivity contribution in [3.63, 3.8) is 0 Å². The predicted octanol–water partition coefficient (Wildman–Crippen LogP) is 2.00. The third-order valence-corrected chi connectivity index (χ3v) is 6.49. The first-order valence-corrected chi connectivity index (χ1v) is 10.2. The first-order chi connectivity index (χ1) is 14.4. The van der Waals surface area contributed by atoms with Crippen molar-refractivity contribution in [3.05, 3.63) is 85.2 Å². The molecule has 3 aromatic rings. The Labute approximate surface area is 174 Å². The van der Waals surface area contributed by atoms with Crippen LogP contribution in [0, 0.1) is 11.7 Å². The van der Waals surface area contributed by atoms with Crippen molar-refractivity contribution in [1.82, 2.24) is 4.57 Å². The summed E-state index contributed by atoms with van der Waals surface area (Å²) < 4.78 is 26.4. The Balaban J connectivity index is 1.79. The molecule has 2 aliphatic rings. The summed E-state index contributed by atoms with van der Waals surface area (Å²) in [5.74, 6) is -1.06. The van der Waals surface area contributed by atoms with E-state index in [1.807, 2.05) is 18.2 Å². The molecule has 8 heteroatoms. The van der Waals surface area contributed by atoms with Gasteiger partial charge in [-0.1, -0.05) is 41.7 Å². The van der Waals surface area contributed by atoms with E-state index in [4.69, 9.17) is 9.47 Å². The van der Waals surface area contributed by atoms with Gasteiger partial charge < -0.3 is 9.47 Å². The zero-order valence-corrected chi connectivity index (χ0v) is 17.0. The van der Waals surface area contributed by atoms with Gasteiger partial charge in [-0.3, -0.25) is 14.2 Å². The number of thiazole rings is 1. The Hall–Kier alpha value is -3.26. The number of ether oxygens (including phenoxy) is 2. The lowest BCUT2D eigenvalue weighted by molar-refractivity contribution is -0.158. The molecule has 2 bridgehead atoms. The van der Waals surface area contributed by atoms with Crippen molar-refractivity contribution in [2.75, 3.05) is 7.11 Å². The van der Waals surface area contributed by atoms with Crippen LogP contribution in [0.25, 0.3) is 6.08 Å². The fourth-order valence-electron chi connectivity index (χ4n) is 4.14. The predicted molar refractivity (Wildman–Crippen MR) is 108 cm³/mol. The van der Waals surface area contributed by atoms with E-state index in [1.165, 1.54) is 30.6 Å². The highest BCUT2D eigenvalue weighted by Crippen LogP contribution is 2.47. The molecule has 6 nitrogen and oxygen atoms in total. The average Bonchev–Trinajstić information content (AvgIpc) is 3.02. The molecular formula is C22H17FN2O4S. The Morgan fingerprint density at radius 2 is 2.00 bits per heavy atom. The van der Waals surface area contributed by atoms with Crippen molar-refractivity contribution in [1.29, 1.82) is 0 Å². The van der Waals surface area contributed by atoms with E-state index in [0.717, 1.165) is 5.56 Å². The molecule has 2 aromatic carbocycles. The first kappa shape index (κ1) is 18.7. The highest BCUT2D eigenvalue weighted by molar-refractivity contribution is 7.07. The van der Waals surface area contributed by atoms with Gasteiger partial charge in [-0.05, 0) is 36.8 Å². The minimum atomic E-state index is -1.20. The fraction of sp³-hybridized carbons (Fsp3) is 0.227. The number of nitrogens with zero attached hydrogens (tertiary/aromatic N) is 2. The molecule has 0 saturated carbocycles. The lowest BCUT2D eigenvalue weighted by Gasteiger charge is -2.44. The zero-order chi connectivity index (χ0) is 21.0. The molecular weight excluding hydrogens is 407 g/mol. The number of hydrogen-bond acceptors (Lipinski definition) is 6. The number of fused-ring (bicyclic) bond motifs is 6. The van der Waals surface area contributed by atoms with Gasteiger partial charge in [0.25, 0.3) is 5.56 Å². The van der Waals surface area contributed by atoms with Crippen LogP contribution in [-0.4, -0.2) is 23.4 Å². The van der Waals surface area contributed by atoms with Crippen molar-refractivity contribution >= 4 is 23.4 Å². The Morgan fingerprint density at radius 1 is 1.27 bits per heavy atom. The van der Waals surface area contributed by atoms with Gasteiger partial charge in [-0.25, -0.2) is 9.38 Å². The van der Waals surface area contributed by atoms with Crippen LogP contribution in [0.2, 0.25) is 0 Å². The van der Waals surface area contributed by atoms with E-state index in [-0.39, 0.29) is 11.4 Å². The topological polar surface area (TPSA) is 69.9 Å². The van der Waals surface area contributed by atoms with Crippen LogP contribution in [0.4, 0.5) is 4.39 Å². The van der Waals surface area contributed by atoms with E-state index in [2.05, 4.69) is 4.99 Å². The van der Waals surface area contributed by atoms with E-state index in [1.54, 1.807) is 35.8 Å². The molecule has 0 fully saturated rings. The van der Waals surface area contributed by atoms with Crippen LogP contribution < -0.4 is 19.6 Å². The number of rotatable bonds is 2. The standard InChI is InChI=1S/C22H17FN2O4S/c1-22-17(20(27)28-2)18(14-5-3-4-6-15(14)29-22)25-19(26)16(30-21(25)24-22)11-12-7-9-13(23)10-8-12/h3-11,17-18H,1-2H3/t17-,18+,22-/m0/s1. The van der Waals surface area contributed by atoms with Gasteiger partial charge in [-0.15, -0.1) is 0 Å². The molecule has 3 atom stereocenters. The minimum Gasteiger partial charge on any atom is -0.469 e. The number of methoxy groups -OCH3 is 1. The Bertz CT molecular complexity index is 1340. The van der Waals surface area contributed by atoms with Crippen LogP contribution in [0.1, 0.15) is 24.1 Å². The molecule has 0 unspecified atom stereocenters. The summed E-state index contributed by atoms with van der Waals surface area (Å²) in [5.41, 5.74) is -0.0326. The molecule has 0 amide bonds. The number of carbonyl (C=O) groups excluding carboxylic acids is 1. The maximum atomic E-state index is 13.4. The second-order valence-corrected chi connectivity index (χ2v) is 8.38. The number of aromatic nitrogens is 1. The molecule has 3 heterocycles. The van der Waals surface area contributed by atoms with Crippen molar-refractivity contribution in [2.24, 2.45) is 10.9 Å². The van der Waals surface area contributed by atoms with Crippen molar-refractivity contribution in [3.8, 4) is 5.75 Å². The Kier molecular flexibility index (Phi) is 4.14. The third-order valence-electron chi connectivity index (χ3n) is 5.50. The summed E-state index contributed by atoms with van der Waals surface area (Å²) in [6.45, 7) is 1.73. The summed E-state index contributed by atoms with van der Waals surface area (Å²) in [6.07, 6.45) is 1.69. The van der Waals surface area contributed by atoms with Gasteiger partial charge in [-0.2, -0.15) is 0 Å². The van der Waals surface area contributed by atoms with Gasteiger partial charge in [0.15, 0.2) is 4.80 Å². The SMILES string of the molecule is COC(=O)[C@@H]1[C@H]2c3ccccc3O[C@]1(C)N=c1sc(=Cc3ccc(F)cc3)c(=O)n12. The van der Waals surface area contributed by atoms with Crippen LogP contribution in [0.5, 0.6) is 5.75 Å². The maximum Gasteiger partial charge on any atom is 0.317 e. The van der Waals surface area contributed by atoms with Gasteiger partial charge in [0.05, 0.1) is 17.7 Å². The average molecular weight is 424 g/mol. The third kappa shape index (κ3) is 2.71. The van der Waals surface area contributed by atoms with Gasteiger partial charge >= 0.3 is 5.97 Å². The molecule has 0 radical (unpaired) electrons. The highest BCUT2D eigenvalue weighted by atomic mass is 32.1. The van der Waals surface area contributed by atoms with Crippen LogP contribution in [0.15, 0.2) is 58.3 Å². The number of hydrogen-bond donors (Lipinski definition) is 0. The quantitative estimate of drug-likeness (QED) is 0.590. The lowest BCUT2D eigenvalue weighted by atomic mass is 9.81. The van der Waals surface area contributed by atoms with E-state index in [9.17, 15) is 14.0 Å². The summed E-state index contributed by atoms with van der Waals surface area (Å²) in [5, 5.41) is 0. The largest absolute Gasteiger partial charge is 0.469 e. The molecule has 30 heavy (non-hydrogen) atoms. The molecule has 0 spiro atoms. The van der Waals surface area contributed by atoms with Crippen LogP contribution >= 0.6 is 11.3 Å².